The molecule has 0 bridgehead atoms. The monoisotopic (exact) mass is 396 g/mol. The van der Waals surface area contributed by atoms with Crippen LogP contribution in [0.4, 0.5) is 0 Å². The summed E-state index contributed by atoms with van der Waals surface area (Å²) in [6, 6.07) is 14.9. The van der Waals surface area contributed by atoms with E-state index in [0.717, 1.165) is 22.4 Å². The molecule has 2 rings (SSSR count). The molecule has 0 fully saturated rings. The van der Waals surface area contributed by atoms with Gasteiger partial charge in [-0.1, -0.05) is 42.0 Å². The van der Waals surface area contributed by atoms with Gasteiger partial charge < -0.3 is 15.0 Å². The lowest BCUT2D eigenvalue weighted by Gasteiger charge is -2.31. The summed E-state index contributed by atoms with van der Waals surface area (Å²) in [5.74, 6) is 0.511. The molecule has 0 aliphatic heterocycles. The third-order valence-electron chi connectivity index (χ3n) is 4.62. The van der Waals surface area contributed by atoms with Gasteiger partial charge in [0.15, 0.2) is 0 Å². The summed E-state index contributed by atoms with van der Waals surface area (Å²) in [6.45, 7) is 9.93. The van der Waals surface area contributed by atoms with Crippen LogP contribution in [-0.4, -0.2) is 35.4 Å². The van der Waals surface area contributed by atoms with Crippen LogP contribution in [0.1, 0.15) is 44.4 Å². The van der Waals surface area contributed by atoms with Crippen molar-refractivity contribution in [3.63, 3.8) is 0 Å². The Morgan fingerprint density at radius 1 is 1.07 bits per heavy atom. The highest BCUT2D eigenvalue weighted by atomic mass is 16.5. The zero-order valence-electron chi connectivity index (χ0n) is 18.3. The Hall–Kier alpha value is -2.82. The van der Waals surface area contributed by atoms with Crippen molar-refractivity contribution >= 4 is 11.8 Å². The van der Waals surface area contributed by atoms with E-state index in [0.29, 0.717) is 6.54 Å². The summed E-state index contributed by atoms with van der Waals surface area (Å²) in [4.78, 5) is 27.6. The first-order chi connectivity index (χ1) is 13.6. The van der Waals surface area contributed by atoms with Crippen molar-refractivity contribution in [2.45, 2.75) is 59.2 Å². The van der Waals surface area contributed by atoms with Gasteiger partial charge in [0.05, 0.1) is 13.5 Å². The number of carbonyl (C=O) groups excluding carboxylic acids is 2. The van der Waals surface area contributed by atoms with Crippen molar-refractivity contribution in [2.75, 3.05) is 7.11 Å². The first-order valence-electron chi connectivity index (χ1n) is 9.89. The Balaban J connectivity index is 2.25. The summed E-state index contributed by atoms with van der Waals surface area (Å²) in [5.41, 5.74) is 2.63. The molecule has 5 nitrogen and oxygen atoms in total. The molecule has 0 radical (unpaired) electrons. The fourth-order valence-electron chi connectivity index (χ4n) is 3.08. The van der Waals surface area contributed by atoms with E-state index >= 15 is 0 Å². The average Bonchev–Trinajstić information content (AvgIpc) is 2.64. The summed E-state index contributed by atoms with van der Waals surface area (Å²) in [5, 5.41) is 2.98. The van der Waals surface area contributed by atoms with E-state index < -0.39 is 6.04 Å². The molecule has 2 aromatic rings. The topological polar surface area (TPSA) is 58.6 Å². The summed E-state index contributed by atoms with van der Waals surface area (Å²) >= 11 is 0. The zero-order valence-corrected chi connectivity index (χ0v) is 18.3. The molecule has 0 heterocycles. The third-order valence-corrected chi connectivity index (χ3v) is 4.62. The number of aryl methyl sites for hydroxylation is 1. The van der Waals surface area contributed by atoms with Crippen LogP contribution in [0, 0.1) is 6.92 Å². The maximum atomic E-state index is 13.2. The second-order valence-corrected chi connectivity index (χ2v) is 8.45. The first-order valence-corrected chi connectivity index (χ1v) is 9.89. The van der Waals surface area contributed by atoms with Crippen LogP contribution in [0.15, 0.2) is 48.5 Å². The molecule has 1 unspecified atom stereocenters. The van der Waals surface area contributed by atoms with E-state index in [4.69, 9.17) is 4.74 Å². The number of benzene rings is 2. The van der Waals surface area contributed by atoms with E-state index in [1.165, 1.54) is 0 Å². The number of rotatable bonds is 7. The lowest BCUT2D eigenvalue weighted by atomic mass is 10.1. The van der Waals surface area contributed by atoms with Crippen molar-refractivity contribution in [3.05, 3.63) is 65.2 Å². The summed E-state index contributed by atoms with van der Waals surface area (Å²) < 4.78 is 5.21. The van der Waals surface area contributed by atoms with Gasteiger partial charge >= 0.3 is 0 Å². The molecule has 0 aliphatic rings. The Morgan fingerprint density at radius 3 is 2.28 bits per heavy atom. The molecule has 0 spiro atoms. The van der Waals surface area contributed by atoms with Crippen molar-refractivity contribution in [3.8, 4) is 5.75 Å². The van der Waals surface area contributed by atoms with Crippen molar-refractivity contribution < 1.29 is 14.3 Å². The van der Waals surface area contributed by atoms with Gasteiger partial charge in [0.1, 0.15) is 11.8 Å². The Labute approximate surface area is 174 Å². The zero-order chi connectivity index (χ0) is 21.6. The van der Waals surface area contributed by atoms with Gasteiger partial charge in [-0.3, -0.25) is 9.59 Å². The van der Waals surface area contributed by atoms with Crippen LogP contribution in [0.2, 0.25) is 0 Å². The van der Waals surface area contributed by atoms with Gasteiger partial charge in [-0.15, -0.1) is 0 Å². The van der Waals surface area contributed by atoms with Gasteiger partial charge in [0.2, 0.25) is 11.8 Å². The van der Waals surface area contributed by atoms with E-state index in [1.54, 1.807) is 18.9 Å². The lowest BCUT2D eigenvalue weighted by molar-refractivity contribution is -0.140. The predicted molar refractivity (Wildman–Crippen MR) is 116 cm³/mol. The minimum absolute atomic E-state index is 0.0806. The fourth-order valence-corrected chi connectivity index (χ4v) is 3.08. The van der Waals surface area contributed by atoms with Gasteiger partial charge in [-0.2, -0.15) is 0 Å². The molecule has 2 aromatic carbocycles. The standard InChI is InChI=1S/C24H32N2O3/c1-17-8-7-9-20(14-17)15-22(27)26(18(2)23(28)25-24(3,4)5)16-19-10-12-21(29-6)13-11-19/h7-14,18H,15-16H2,1-6H3,(H,25,28). The normalized spacial score (nSPS) is 12.2. The number of methoxy groups -OCH3 is 1. The third kappa shape index (κ3) is 6.93. The SMILES string of the molecule is COc1ccc(CN(C(=O)Cc2cccc(C)c2)C(C)C(=O)NC(C)(C)C)cc1. The van der Waals surface area contributed by atoms with E-state index in [9.17, 15) is 9.59 Å². The molecule has 0 saturated heterocycles. The largest absolute Gasteiger partial charge is 0.497 e. The highest BCUT2D eigenvalue weighted by molar-refractivity contribution is 5.88. The second kappa shape index (κ2) is 9.59. The van der Waals surface area contributed by atoms with Crippen LogP contribution in [0.5, 0.6) is 5.75 Å². The minimum Gasteiger partial charge on any atom is -0.497 e. The van der Waals surface area contributed by atoms with E-state index in [-0.39, 0.29) is 23.8 Å². The molecule has 156 valence electrons. The highest BCUT2D eigenvalue weighted by Gasteiger charge is 2.28. The van der Waals surface area contributed by atoms with Crippen molar-refractivity contribution in [1.82, 2.24) is 10.2 Å². The Kier molecular flexibility index (Phi) is 7.43. The smallest absolute Gasteiger partial charge is 0.242 e. The number of nitrogens with zero attached hydrogens (tertiary/aromatic N) is 1. The van der Waals surface area contributed by atoms with Gasteiger partial charge in [0.25, 0.3) is 0 Å². The molecule has 0 aromatic heterocycles. The molecule has 0 saturated carbocycles. The van der Waals surface area contributed by atoms with Crippen LogP contribution < -0.4 is 10.1 Å². The molecule has 0 aliphatic carbocycles. The number of ether oxygens (including phenoxy) is 1. The number of hydrogen-bond acceptors (Lipinski definition) is 3. The number of hydrogen-bond donors (Lipinski definition) is 1. The highest BCUT2D eigenvalue weighted by Crippen LogP contribution is 2.17. The van der Waals surface area contributed by atoms with Crippen LogP contribution in [0.25, 0.3) is 0 Å². The van der Waals surface area contributed by atoms with Gasteiger partial charge in [-0.05, 0) is 57.9 Å². The Morgan fingerprint density at radius 2 is 1.72 bits per heavy atom. The maximum absolute atomic E-state index is 13.2. The second-order valence-electron chi connectivity index (χ2n) is 8.45. The number of amides is 2. The molecule has 29 heavy (non-hydrogen) atoms. The molecule has 5 heteroatoms. The summed E-state index contributed by atoms with van der Waals surface area (Å²) in [6.07, 6.45) is 0.255. The quantitative estimate of drug-likeness (QED) is 0.773. The molecule has 1 N–H and O–H groups in total. The van der Waals surface area contributed by atoms with Gasteiger partial charge in [-0.25, -0.2) is 0 Å². The van der Waals surface area contributed by atoms with E-state index in [1.807, 2.05) is 76.2 Å². The Bertz CT molecular complexity index is 838. The maximum Gasteiger partial charge on any atom is 0.242 e. The molecule has 2 amide bonds. The fraction of sp³-hybridized carbons (Fsp3) is 0.417. The predicted octanol–water partition coefficient (Wildman–Crippen LogP) is 3.88. The molecular formula is C24H32N2O3. The van der Waals surface area contributed by atoms with Crippen LogP contribution in [-0.2, 0) is 22.6 Å². The first kappa shape index (κ1) is 22.5. The number of nitrogens with one attached hydrogen (secondary N) is 1. The van der Waals surface area contributed by atoms with Gasteiger partial charge in [0, 0.05) is 12.1 Å². The molecular weight excluding hydrogens is 364 g/mol. The summed E-state index contributed by atoms with van der Waals surface area (Å²) in [7, 11) is 1.62. The van der Waals surface area contributed by atoms with Crippen molar-refractivity contribution in [1.29, 1.82) is 0 Å². The average molecular weight is 397 g/mol. The van der Waals surface area contributed by atoms with Crippen molar-refractivity contribution in [2.24, 2.45) is 0 Å². The number of carbonyl (C=O) groups is 2. The lowest BCUT2D eigenvalue weighted by Crippen LogP contribution is -2.52. The van der Waals surface area contributed by atoms with Crippen LogP contribution in [0.3, 0.4) is 0 Å². The molecule has 1 atom stereocenters. The minimum atomic E-state index is -0.589. The van der Waals surface area contributed by atoms with Crippen LogP contribution >= 0.6 is 0 Å². The van der Waals surface area contributed by atoms with E-state index in [2.05, 4.69) is 5.32 Å².